The number of aliphatic imine (C=N–C) groups is 1. The third kappa shape index (κ3) is 8.98. The molecule has 2 unspecified atom stereocenters. The summed E-state index contributed by atoms with van der Waals surface area (Å²) < 4.78 is 0. The van der Waals surface area contributed by atoms with Crippen LogP contribution < -0.4 is 38.5 Å². The summed E-state index contributed by atoms with van der Waals surface area (Å²) in [5.74, 6) is -4.13. The van der Waals surface area contributed by atoms with Crippen LogP contribution in [0.15, 0.2) is 84.0 Å². The van der Waals surface area contributed by atoms with Crippen molar-refractivity contribution in [2.24, 2.45) is 22.2 Å². The number of fused-ring (bicyclic) bond motifs is 1. The van der Waals surface area contributed by atoms with Crippen molar-refractivity contribution in [3.8, 4) is 5.75 Å². The number of guanidine groups is 1. The number of amides is 5. The predicted molar refractivity (Wildman–Crippen MR) is 195 cm³/mol. The number of nitrogens with two attached hydrogens (primary N) is 3. The van der Waals surface area contributed by atoms with Crippen LogP contribution in [0.3, 0.4) is 0 Å². The Kier molecular flexibility index (Phi) is 11.3. The highest BCUT2D eigenvalue weighted by atomic mass is 35.5. The maximum absolute atomic E-state index is 14.0. The van der Waals surface area contributed by atoms with Crippen molar-refractivity contribution in [1.29, 1.82) is 0 Å². The van der Waals surface area contributed by atoms with E-state index in [4.69, 9.17) is 28.8 Å². The van der Waals surface area contributed by atoms with Crippen LogP contribution in [-0.4, -0.2) is 75.8 Å². The van der Waals surface area contributed by atoms with Crippen LogP contribution in [0.5, 0.6) is 5.75 Å². The summed E-state index contributed by atoms with van der Waals surface area (Å²) >= 11 is 5.99. The number of hydrogen-bond acceptors (Lipinski definition) is 7. The standard InChI is InChI=1S/C36H40ClN9O6/c1-19(43-33(51)29(45-35(39)40)15-21-8-12-23(47)13-9-21)32(50)42-18-30(48)46-36(16-26(36)25-17-41-27-5-3-2-4-24(25)27)34(52)44-28(31(38)49)14-20-6-10-22(37)11-7-20/h2-13,17,19,26,28-29,41,47H,14-16,18H2,1H3,(H2,38,49)(H,42,50)(H,43,51)(H,44,52)(H,46,48)(H4,39,40,45)/t19-,26?,28+,29+,36?/m1/s1. The van der Waals surface area contributed by atoms with Gasteiger partial charge in [-0.15, -0.1) is 0 Å². The minimum absolute atomic E-state index is 0.0478. The monoisotopic (exact) mass is 729 g/mol. The molecule has 0 bridgehead atoms. The summed E-state index contributed by atoms with van der Waals surface area (Å²) in [6, 6.07) is 17.1. The molecule has 1 fully saturated rings. The van der Waals surface area contributed by atoms with Crippen LogP contribution in [0.25, 0.3) is 10.9 Å². The lowest BCUT2D eigenvalue weighted by molar-refractivity contribution is -0.133. The average molecular weight is 730 g/mol. The van der Waals surface area contributed by atoms with Gasteiger partial charge in [-0.1, -0.05) is 54.1 Å². The van der Waals surface area contributed by atoms with Crippen LogP contribution >= 0.6 is 11.6 Å². The Bertz CT molecular complexity index is 2000. The van der Waals surface area contributed by atoms with E-state index >= 15 is 0 Å². The topological polar surface area (TPSA) is 260 Å². The van der Waals surface area contributed by atoms with Gasteiger partial charge in [-0.2, -0.15) is 0 Å². The quantitative estimate of drug-likeness (QED) is 0.0616. The van der Waals surface area contributed by atoms with E-state index in [1.54, 1.807) is 42.6 Å². The Morgan fingerprint density at radius 3 is 2.25 bits per heavy atom. The van der Waals surface area contributed by atoms with Gasteiger partial charge in [0.25, 0.3) is 0 Å². The number of nitrogens with zero attached hydrogens (tertiary/aromatic N) is 1. The molecule has 12 N–H and O–H groups in total. The number of hydrogen-bond donors (Lipinski definition) is 9. The van der Waals surface area contributed by atoms with Gasteiger partial charge in [-0.05, 0) is 60.4 Å². The first-order chi connectivity index (χ1) is 24.7. The van der Waals surface area contributed by atoms with Crippen LogP contribution in [0.1, 0.15) is 36.0 Å². The molecule has 272 valence electrons. The molecule has 16 heteroatoms. The number of phenols is 1. The normalized spacial score (nSPS) is 17.9. The second kappa shape index (κ2) is 15.9. The number of aromatic nitrogens is 1. The van der Waals surface area contributed by atoms with Crippen molar-refractivity contribution in [1.82, 2.24) is 26.3 Å². The molecule has 1 heterocycles. The van der Waals surface area contributed by atoms with Gasteiger partial charge in [-0.3, -0.25) is 24.0 Å². The highest BCUT2D eigenvalue weighted by Gasteiger charge is 2.62. The third-order valence-corrected chi connectivity index (χ3v) is 9.13. The molecule has 0 spiro atoms. The zero-order valence-corrected chi connectivity index (χ0v) is 28.9. The Balaban J connectivity index is 1.25. The molecule has 5 rings (SSSR count). The molecule has 1 aliphatic carbocycles. The summed E-state index contributed by atoms with van der Waals surface area (Å²) in [6.45, 7) is 0.898. The van der Waals surface area contributed by atoms with E-state index in [9.17, 15) is 29.1 Å². The second-order valence-corrected chi connectivity index (χ2v) is 13.1. The lowest BCUT2D eigenvalue weighted by Gasteiger charge is -2.23. The molecular weight excluding hydrogens is 690 g/mol. The fraction of sp³-hybridized carbons (Fsp3) is 0.278. The predicted octanol–water partition coefficient (Wildman–Crippen LogP) is 0.588. The Morgan fingerprint density at radius 2 is 1.58 bits per heavy atom. The van der Waals surface area contributed by atoms with Crippen molar-refractivity contribution < 1.29 is 29.1 Å². The lowest BCUT2D eigenvalue weighted by atomic mass is 10.0. The van der Waals surface area contributed by atoms with E-state index in [-0.39, 0.29) is 31.0 Å². The molecule has 1 aliphatic rings. The van der Waals surface area contributed by atoms with Gasteiger partial charge >= 0.3 is 0 Å². The number of primary amides is 1. The van der Waals surface area contributed by atoms with E-state index in [1.807, 2.05) is 24.3 Å². The highest BCUT2D eigenvalue weighted by molar-refractivity contribution is 6.30. The molecule has 5 amide bonds. The van der Waals surface area contributed by atoms with E-state index in [1.165, 1.54) is 19.1 Å². The summed E-state index contributed by atoms with van der Waals surface area (Å²) in [4.78, 5) is 73.0. The number of carbonyl (C=O) groups is 5. The lowest BCUT2D eigenvalue weighted by Crippen LogP contribution is -2.57. The van der Waals surface area contributed by atoms with E-state index < -0.39 is 65.7 Å². The first-order valence-corrected chi connectivity index (χ1v) is 16.8. The van der Waals surface area contributed by atoms with E-state index in [2.05, 4.69) is 31.2 Å². The zero-order chi connectivity index (χ0) is 37.6. The number of benzene rings is 3. The highest BCUT2D eigenvalue weighted by Crippen LogP contribution is 2.53. The largest absolute Gasteiger partial charge is 0.508 e. The first-order valence-electron chi connectivity index (χ1n) is 16.4. The van der Waals surface area contributed by atoms with Crippen LogP contribution in [-0.2, 0) is 36.8 Å². The minimum Gasteiger partial charge on any atom is -0.508 e. The summed E-state index contributed by atoms with van der Waals surface area (Å²) in [5, 5.41) is 21.5. The fourth-order valence-electron chi connectivity index (χ4n) is 6.05. The number of phenolic OH excluding ortho intramolecular Hbond substituents is 1. The van der Waals surface area contributed by atoms with Crippen molar-refractivity contribution >= 4 is 58.0 Å². The molecule has 0 saturated heterocycles. The number of nitrogens with one attached hydrogen (secondary N) is 5. The second-order valence-electron chi connectivity index (χ2n) is 12.7. The maximum Gasteiger partial charge on any atom is 0.247 e. The van der Waals surface area contributed by atoms with Crippen LogP contribution in [0.2, 0.25) is 5.02 Å². The Morgan fingerprint density at radius 1 is 0.923 bits per heavy atom. The number of aromatic hydroxyl groups is 1. The van der Waals surface area contributed by atoms with Crippen molar-refractivity contribution in [3.05, 3.63) is 101 Å². The van der Waals surface area contributed by atoms with Crippen molar-refractivity contribution in [3.63, 3.8) is 0 Å². The molecule has 15 nitrogen and oxygen atoms in total. The number of rotatable bonds is 15. The Hall–Kier alpha value is -6.09. The molecule has 52 heavy (non-hydrogen) atoms. The summed E-state index contributed by atoms with van der Waals surface area (Å²) in [7, 11) is 0. The van der Waals surface area contributed by atoms with Gasteiger partial charge in [-0.25, -0.2) is 4.99 Å². The van der Waals surface area contributed by atoms with Crippen molar-refractivity contribution in [2.45, 2.75) is 55.8 Å². The van der Waals surface area contributed by atoms with Gasteiger partial charge in [0.15, 0.2) is 5.96 Å². The van der Waals surface area contributed by atoms with Gasteiger partial charge in [0, 0.05) is 40.9 Å². The fourth-order valence-corrected chi connectivity index (χ4v) is 6.18. The van der Waals surface area contributed by atoms with Crippen LogP contribution in [0, 0.1) is 0 Å². The maximum atomic E-state index is 14.0. The Labute approximate surface area is 303 Å². The smallest absolute Gasteiger partial charge is 0.247 e. The van der Waals surface area contributed by atoms with E-state index in [0.29, 0.717) is 16.1 Å². The first kappa shape index (κ1) is 37.2. The van der Waals surface area contributed by atoms with E-state index in [0.717, 1.165) is 16.5 Å². The van der Waals surface area contributed by atoms with Crippen molar-refractivity contribution in [2.75, 3.05) is 6.54 Å². The van der Waals surface area contributed by atoms with Gasteiger partial charge in [0.1, 0.15) is 29.4 Å². The molecule has 3 aromatic carbocycles. The molecule has 0 radical (unpaired) electrons. The molecule has 1 aromatic heterocycles. The number of carbonyl (C=O) groups excluding carboxylic acids is 5. The molecular formula is C36H40ClN9O6. The molecule has 4 aromatic rings. The zero-order valence-electron chi connectivity index (χ0n) is 28.2. The van der Waals surface area contributed by atoms with Gasteiger partial charge in [0.2, 0.25) is 29.5 Å². The number of para-hydroxylation sites is 1. The number of halogens is 1. The molecule has 0 aliphatic heterocycles. The van der Waals surface area contributed by atoms with Gasteiger partial charge < -0.3 is 48.6 Å². The summed E-state index contributed by atoms with van der Waals surface area (Å²) in [5.41, 5.74) is 18.3. The third-order valence-electron chi connectivity index (χ3n) is 8.88. The number of H-pyrrole nitrogens is 1. The minimum atomic E-state index is -1.46. The summed E-state index contributed by atoms with van der Waals surface area (Å²) in [6.07, 6.45) is 2.17. The molecule has 1 saturated carbocycles. The average Bonchev–Trinajstić information content (AvgIpc) is 3.66. The molecule has 5 atom stereocenters. The SMILES string of the molecule is C[C@@H](NC(=O)[C@H](Cc1ccc(O)cc1)N=C(N)N)C(=O)NCC(=O)NC1(C(=O)N[C@@H](Cc2ccc(Cl)cc2)C(N)=O)CC1c1c[nH]c2ccccc12. The van der Waals surface area contributed by atoms with Crippen LogP contribution in [0.4, 0.5) is 0 Å². The van der Waals surface area contributed by atoms with Gasteiger partial charge in [0.05, 0.1) is 6.54 Å². The number of aromatic amines is 1.